The third-order valence-corrected chi connectivity index (χ3v) is 2.23. The summed E-state index contributed by atoms with van der Waals surface area (Å²) in [6.45, 7) is 7.07. The van der Waals surface area contributed by atoms with E-state index in [9.17, 15) is 4.79 Å². The number of hydrogen-bond acceptors (Lipinski definition) is 4. The van der Waals surface area contributed by atoms with Crippen molar-refractivity contribution in [2.24, 2.45) is 0 Å². The Kier molecular flexibility index (Phi) is 6.36. The molecule has 0 aliphatic rings. The normalized spacial score (nSPS) is 10.7. The molecule has 100 valence electrons. The molecule has 0 radical (unpaired) electrons. The van der Waals surface area contributed by atoms with E-state index >= 15 is 0 Å². The number of Topliss-reactive ketones (excluding diaryl/α,β-unsaturated/α-hetero) is 1. The molecule has 1 aromatic heterocycles. The van der Waals surface area contributed by atoms with Crippen LogP contribution in [0.2, 0.25) is 0 Å². The molecule has 0 spiro atoms. The summed E-state index contributed by atoms with van der Waals surface area (Å²) in [4.78, 5) is 15.9. The second kappa shape index (κ2) is 7.82. The first-order valence-corrected chi connectivity index (χ1v) is 6.36. The van der Waals surface area contributed by atoms with Crippen molar-refractivity contribution < 1.29 is 14.3 Å². The molecule has 0 unspecified atom stereocenters. The van der Waals surface area contributed by atoms with Gasteiger partial charge in [0.2, 0.25) is 0 Å². The molecule has 0 aliphatic heterocycles. The Labute approximate surface area is 108 Å². The number of ether oxygens (including phenoxy) is 2. The fraction of sp³-hybridized carbons (Fsp3) is 0.571. The van der Waals surface area contributed by atoms with E-state index in [2.05, 4.69) is 4.98 Å². The summed E-state index contributed by atoms with van der Waals surface area (Å²) in [5.41, 5.74) is 0.577. The van der Waals surface area contributed by atoms with Gasteiger partial charge in [0.1, 0.15) is 5.75 Å². The molecule has 1 rings (SSSR count). The van der Waals surface area contributed by atoms with Crippen molar-refractivity contribution in [1.82, 2.24) is 4.98 Å². The molecule has 0 atom stereocenters. The number of hydrogen-bond donors (Lipinski definition) is 0. The van der Waals surface area contributed by atoms with Crippen LogP contribution < -0.4 is 4.74 Å². The van der Waals surface area contributed by atoms with Crippen molar-refractivity contribution in [3.63, 3.8) is 0 Å². The largest absolute Gasteiger partial charge is 0.489 e. The zero-order chi connectivity index (χ0) is 13.4. The van der Waals surface area contributed by atoms with Crippen LogP contribution in [0.3, 0.4) is 0 Å². The minimum Gasteiger partial charge on any atom is -0.489 e. The number of rotatable bonds is 8. The van der Waals surface area contributed by atoms with Gasteiger partial charge in [-0.3, -0.25) is 9.78 Å². The van der Waals surface area contributed by atoms with Crippen molar-refractivity contribution in [1.29, 1.82) is 0 Å². The predicted molar refractivity (Wildman–Crippen MR) is 70.1 cm³/mol. The molecular weight excluding hydrogens is 230 g/mol. The number of carbonyl (C=O) groups is 1. The summed E-state index contributed by atoms with van der Waals surface area (Å²) < 4.78 is 10.8. The van der Waals surface area contributed by atoms with Gasteiger partial charge in [-0.25, -0.2) is 0 Å². The van der Waals surface area contributed by atoms with E-state index in [4.69, 9.17) is 9.47 Å². The van der Waals surface area contributed by atoms with Crippen LogP contribution in [0.4, 0.5) is 0 Å². The molecule has 0 N–H and O–H groups in total. The highest BCUT2D eigenvalue weighted by atomic mass is 16.5. The van der Waals surface area contributed by atoms with Crippen LogP contribution in [0, 0.1) is 0 Å². The Morgan fingerprint density at radius 2 is 2.11 bits per heavy atom. The van der Waals surface area contributed by atoms with Crippen LogP contribution in [0.15, 0.2) is 18.5 Å². The summed E-state index contributed by atoms with van der Waals surface area (Å²) in [6.07, 6.45) is 4.60. The van der Waals surface area contributed by atoms with Crippen molar-refractivity contribution in [3.05, 3.63) is 24.0 Å². The molecule has 4 nitrogen and oxygen atoms in total. The topological polar surface area (TPSA) is 48.4 Å². The third-order valence-electron chi connectivity index (χ3n) is 2.23. The molecular formula is C14H21NO3. The molecule has 0 fully saturated rings. The zero-order valence-corrected chi connectivity index (χ0v) is 11.3. The van der Waals surface area contributed by atoms with E-state index in [0.29, 0.717) is 30.9 Å². The van der Waals surface area contributed by atoms with Gasteiger partial charge in [-0.15, -0.1) is 0 Å². The van der Waals surface area contributed by atoms with Crippen molar-refractivity contribution in [2.45, 2.75) is 39.7 Å². The van der Waals surface area contributed by atoms with E-state index < -0.39 is 0 Å². The fourth-order valence-corrected chi connectivity index (χ4v) is 1.46. The Morgan fingerprint density at radius 3 is 2.78 bits per heavy atom. The van der Waals surface area contributed by atoms with E-state index in [1.807, 2.05) is 20.8 Å². The van der Waals surface area contributed by atoms with Crippen molar-refractivity contribution in [3.8, 4) is 5.75 Å². The molecule has 4 heteroatoms. The first-order chi connectivity index (χ1) is 8.63. The third kappa shape index (κ3) is 5.27. The predicted octanol–water partition coefficient (Wildman–Crippen LogP) is 2.87. The summed E-state index contributed by atoms with van der Waals surface area (Å²) in [5, 5.41) is 0. The highest BCUT2D eigenvalue weighted by molar-refractivity contribution is 5.96. The second-order valence-electron chi connectivity index (χ2n) is 4.36. The molecule has 1 aromatic rings. The number of pyridine rings is 1. The standard InChI is InChI=1S/C14H21NO3/c1-4-6-17-7-5-14(16)12-8-13(10-15-9-12)18-11(2)3/h8-11H,4-7H2,1-3H3. The van der Waals surface area contributed by atoms with Crippen LogP contribution in [-0.2, 0) is 4.74 Å². The summed E-state index contributed by atoms with van der Waals surface area (Å²) >= 11 is 0. The first-order valence-electron chi connectivity index (χ1n) is 6.36. The molecule has 0 aliphatic carbocycles. The quantitative estimate of drug-likeness (QED) is 0.526. The summed E-state index contributed by atoms with van der Waals surface area (Å²) in [5.74, 6) is 0.665. The Bertz CT molecular complexity index is 377. The molecule has 0 aromatic carbocycles. The smallest absolute Gasteiger partial charge is 0.166 e. The molecule has 0 amide bonds. The van der Waals surface area contributed by atoms with Gasteiger partial charge in [0.15, 0.2) is 5.78 Å². The molecule has 18 heavy (non-hydrogen) atoms. The van der Waals surface area contributed by atoms with Gasteiger partial charge in [0.25, 0.3) is 0 Å². The van der Waals surface area contributed by atoms with Crippen LogP contribution >= 0.6 is 0 Å². The molecule has 0 saturated heterocycles. The van der Waals surface area contributed by atoms with Gasteiger partial charge in [-0.1, -0.05) is 6.92 Å². The SMILES string of the molecule is CCCOCCC(=O)c1cncc(OC(C)C)c1. The highest BCUT2D eigenvalue weighted by Crippen LogP contribution is 2.14. The average molecular weight is 251 g/mol. The van der Waals surface area contributed by atoms with E-state index in [1.54, 1.807) is 18.5 Å². The minimum absolute atomic E-state index is 0.0350. The van der Waals surface area contributed by atoms with Gasteiger partial charge in [0, 0.05) is 24.8 Å². The van der Waals surface area contributed by atoms with Gasteiger partial charge < -0.3 is 9.47 Å². The van der Waals surface area contributed by atoms with Crippen molar-refractivity contribution in [2.75, 3.05) is 13.2 Å². The number of carbonyl (C=O) groups excluding carboxylic acids is 1. The van der Waals surface area contributed by atoms with E-state index in [1.165, 1.54) is 0 Å². The maximum atomic E-state index is 11.9. The Hall–Kier alpha value is -1.42. The minimum atomic E-state index is 0.0350. The van der Waals surface area contributed by atoms with Gasteiger partial charge in [-0.2, -0.15) is 0 Å². The van der Waals surface area contributed by atoms with Crippen LogP contribution in [-0.4, -0.2) is 30.1 Å². The average Bonchev–Trinajstić information content (AvgIpc) is 2.34. The summed E-state index contributed by atoms with van der Waals surface area (Å²) in [7, 11) is 0. The van der Waals surface area contributed by atoms with E-state index in [-0.39, 0.29) is 11.9 Å². The van der Waals surface area contributed by atoms with Crippen LogP contribution in [0.1, 0.15) is 44.0 Å². The highest BCUT2D eigenvalue weighted by Gasteiger charge is 2.08. The second-order valence-corrected chi connectivity index (χ2v) is 4.36. The number of ketones is 1. The lowest BCUT2D eigenvalue weighted by Gasteiger charge is -2.10. The Balaban J connectivity index is 2.51. The van der Waals surface area contributed by atoms with Gasteiger partial charge in [0.05, 0.1) is 18.9 Å². The monoisotopic (exact) mass is 251 g/mol. The molecule has 1 heterocycles. The van der Waals surface area contributed by atoms with Crippen LogP contribution in [0.25, 0.3) is 0 Å². The molecule has 0 saturated carbocycles. The van der Waals surface area contributed by atoms with Gasteiger partial charge in [-0.05, 0) is 26.3 Å². The lowest BCUT2D eigenvalue weighted by molar-refractivity contribution is 0.0877. The first kappa shape index (κ1) is 14.6. The number of nitrogens with zero attached hydrogens (tertiary/aromatic N) is 1. The molecule has 0 bridgehead atoms. The lowest BCUT2D eigenvalue weighted by Crippen LogP contribution is -2.08. The van der Waals surface area contributed by atoms with Gasteiger partial charge >= 0.3 is 0 Å². The van der Waals surface area contributed by atoms with Crippen LogP contribution in [0.5, 0.6) is 5.75 Å². The Morgan fingerprint density at radius 1 is 1.33 bits per heavy atom. The number of aromatic nitrogens is 1. The maximum Gasteiger partial charge on any atom is 0.166 e. The summed E-state index contributed by atoms with van der Waals surface area (Å²) in [6, 6.07) is 1.73. The maximum absolute atomic E-state index is 11.9. The van der Waals surface area contributed by atoms with E-state index in [0.717, 1.165) is 6.42 Å². The fourth-order valence-electron chi connectivity index (χ4n) is 1.46. The zero-order valence-electron chi connectivity index (χ0n) is 11.3. The van der Waals surface area contributed by atoms with Crippen molar-refractivity contribution >= 4 is 5.78 Å². The lowest BCUT2D eigenvalue weighted by atomic mass is 10.1.